The molecule has 0 saturated heterocycles. The number of nitrogens with one attached hydrogen (secondary N) is 1. The topological polar surface area (TPSA) is 64.4 Å². The highest BCUT2D eigenvalue weighted by molar-refractivity contribution is 5.94. The van der Waals surface area contributed by atoms with Gasteiger partial charge in [0.1, 0.15) is 17.6 Å². The molecule has 5 heteroatoms. The van der Waals surface area contributed by atoms with Crippen LogP contribution in [0.2, 0.25) is 0 Å². The smallest absolute Gasteiger partial charge is 0.256 e. The molecule has 1 heterocycles. The van der Waals surface area contributed by atoms with Gasteiger partial charge in [0.15, 0.2) is 0 Å². The van der Waals surface area contributed by atoms with Crippen molar-refractivity contribution in [2.45, 2.75) is 13.5 Å². The predicted octanol–water partition coefficient (Wildman–Crippen LogP) is 1.92. The number of carbonyl (C=O) groups is 1. The number of rotatable bonds is 4. The zero-order valence-corrected chi connectivity index (χ0v) is 10.3. The summed E-state index contributed by atoms with van der Waals surface area (Å²) in [6, 6.07) is 7.54. The van der Waals surface area contributed by atoms with Crippen LogP contribution in [-0.4, -0.2) is 18.2 Å². The van der Waals surface area contributed by atoms with Crippen LogP contribution in [0.3, 0.4) is 0 Å². The Kier molecular flexibility index (Phi) is 3.62. The van der Waals surface area contributed by atoms with Crippen molar-refractivity contribution in [2.75, 3.05) is 7.11 Å². The summed E-state index contributed by atoms with van der Waals surface area (Å²) in [7, 11) is 1.60. The predicted molar refractivity (Wildman–Crippen MR) is 65.4 cm³/mol. The van der Waals surface area contributed by atoms with Crippen LogP contribution in [-0.2, 0) is 6.54 Å². The highest BCUT2D eigenvalue weighted by atomic mass is 16.5. The normalized spacial score (nSPS) is 10.1. The van der Waals surface area contributed by atoms with Gasteiger partial charge in [-0.2, -0.15) is 0 Å². The third kappa shape index (κ3) is 2.51. The van der Waals surface area contributed by atoms with E-state index in [0.717, 1.165) is 11.3 Å². The van der Waals surface area contributed by atoms with E-state index in [1.54, 1.807) is 14.0 Å². The molecule has 2 aromatic rings. The number of carbonyl (C=O) groups excluding carboxylic acids is 1. The lowest BCUT2D eigenvalue weighted by Gasteiger charge is -2.08. The molecule has 0 bridgehead atoms. The van der Waals surface area contributed by atoms with Gasteiger partial charge in [-0.3, -0.25) is 4.79 Å². The van der Waals surface area contributed by atoms with E-state index in [9.17, 15) is 4.79 Å². The van der Waals surface area contributed by atoms with Crippen LogP contribution in [0.4, 0.5) is 0 Å². The maximum absolute atomic E-state index is 11.8. The minimum Gasteiger partial charge on any atom is -0.496 e. The number of para-hydroxylation sites is 1. The van der Waals surface area contributed by atoms with E-state index >= 15 is 0 Å². The minimum atomic E-state index is -0.209. The zero-order valence-electron chi connectivity index (χ0n) is 10.3. The van der Waals surface area contributed by atoms with Gasteiger partial charge in [0.05, 0.1) is 12.8 Å². The molecule has 0 aliphatic heterocycles. The Bertz CT molecular complexity index is 549. The van der Waals surface area contributed by atoms with E-state index in [-0.39, 0.29) is 5.91 Å². The molecule has 2 rings (SSSR count). The molecule has 1 N–H and O–H groups in total. The fraction of sp³-hybridized carbons (Fsp3) is 0.231. The van der Waals surface area contributed by atoms with Gasteiger partial charge in [0, 0.05) is 12.1 Å². The summed E-state index contributed by atoms with van der Waals surface area (Å²) in [6.07, 6.45) is 1.34. The molecule has 0 aliphatic rings. The molecule has 18 heavy (non-hydrogen) atoms. The Morgan fingerprint density at radius 1 is 1.44 bits per heavy atom. The molecule has 0 atom stereocenters. The van der Waals surface area contributed by atoms with Crippen molar-refractivity contribution in [3.8, 4) is 5.75 Å². The number of aromatic nitrogens is 1. The number of aryl methyl sites for hydroxylation is 1. The highest BCUT2D eigenvalue weighted by Gasteiger charge is 2.12. The van der Waals surface area contributed by atoms with Crippen molar-refractivity contribution in [3.05, 3.63) is 47.3 Å². The summed E-state index contributed by atoms with van der Waals surface area (Å²) >= 11 is 0. The largest absolute Gasteiger partial charge is 0.496 e. The molecule has 5 nitrogen and oxygen atoms in total. The SMILES string of the molecule is COc1ccccc1CNC(=O)c1conc1C. The first-order chi connectivity index (χ1) is 8.72. The van der Waals surface area contributed by atoms with Crippen LogP contribution in [0.25, 0.3) is 0 Å². The fourth-order valence-electron chi connectivity index (χ4n) is 1.63. The fourth-order valence-corrected chi connectivity index (χ4v) is 1.63. The number of amides is 1. The summed E-state index contributed by atoms with van der Waals surface area (Å²) < 4.78 is 9.94. The van der Waals surface area contributed by atoms with Gasteiger partial charge in [-0.1, -0.05) is 23.4 Å². The molecule has 0 aliphatic carbocycles. The Morgan fingerprint density at radius 3 is 2.89 bits per heavy atom. The molecule has 0 saturated carbocycles. The van der Waals surface area contributed by atoms with Gasteiger partial charge in [0.2, 0.25) is 0 Å². The van der Waals surface area contributed by atoms with Crippen LogP contribution >= 0.6 is 0 Å². The van der Waals surface area contributed by atoms with Crippen molar-refractivity contribution in [1.29, 1.82) is 0 Å². The van der Waals surface area contributed by atoms with E-state index in [0.29, 0.717) is 17.8 Å². The van der Waals surface area contributed by atoms with Crippen LogP contribution in [0.5, 0.6) is 5.75 Å². The lowest BCUT2D eigenvalue weighted by Crippen LogP contribution is -2.23. The average molecular weight is 246 g/mol. The van der Waals surface area contributed by atoms with Crippen LogP contribution < -0.4 is 10.1 Å². The number of nitrogens with zero attached hydrogens (tertiary/aromatic N) is 1. The summed E-state index contributed by atoms with van der Waals surface area (Å²) in [5.74, 6) is 0.541. The lowest BCUT2D eigenvalue weighted by molar-refractivity contribution is 0.0949. The molecule has 0 unspecified atom stereocenters. The average Bonchev–Trinajstić information content (AvgIpc) is 2.82. The van der Waals surface area contributed by atoms with Crippen LogP contribution in [0.15, 0.2) is 35.1 Å². The Labute approximate surface area is 105 Å². The van der Waals surface area contributed by atoms with E-state index in [1.807, 2.05) is 24.3 Å². The van der Waals surface area contributed by atoms with Gasteiger partial charge in [-0.15, -0.1) is 0 Å². The Hall–Kier alpha value is -2.30. The van der Waals surface area contributed by atoms with E-state index < -0.39 is 0 Å². The van der Waals surface area contributed by atoms with Crippen LogP contribution in [0.1, 0.15) is 21.6 Å². The number of methoxy groups -OCH3 is 1. The summed E-state index contributed by atoms with van der Waals surface area (Å²) in [6.45, 7) is 2.12. The second kappa shape index (κ2) is 5.35. The molecular formula is C13H14N2O3. The van der Waals surface area contributed by atoms with Gasteiger partial charge in [0.25, 0.3) is 5.91 Å². The highest BCUT2D eigenvalue weighted by Crippen LogP contribution is 2.17. The van der Waals surface area contributed by atoms with E-state index in [2.05, 4.69) is 10.5 Å². The zero-order chi connectivity index (χ0) is 13.0. The molecule has 1 amide bonds. The maximum atomic E-state index is 11.8. The first kappa shape index (κ1) is 12.2. The molecule has 94 valence electrons. The monoisotopic (exact) mass is 246 g/mol. The first-order valence-corrected chi connectivity index (χ1v) is 5.53. The quantitative estimate of drug-likeness (QED) is 0.895. The third-order valence-electron chi connectivity index (χ3n) is 2.63. The van der Waals surface area contributed by atoms with Crippen molar-refractivity contribution in [3.63, 3.8) is 0 Å². The Balaban J connectivity index is 2.04. The molecule has 0 spiro atoms. The van der Waals surface area contributed by atoms with Gasteiger partial charge >= 0.3 is 0 Å². The molecular weight excluding hydrogens is 232 g/mol. The Morgan fingerprint density at radius 2 is 2.22 bits per heavy atom. The summed E-state index contributed by atoms with van der Waals surface area (Å²) in [5.41, 5.74) is 1.94. The van der Waals surface area contributed by atoms with E-state index in [4.69, 9.17) is 9.26 Å². The third-order valence-corrected chi connectivity index (χ3v) is 2.63. The molecule has 1 aromatic heterocycles. The number of ether oxygens (including phenoxy) is 1. The first-order valence-electron chi connectivity index (χ1n) is 5.53. The lowest BCUT2D eigenvalue weighted by atomic mass is 10.2. The van der Waals surface area contributed by atoms with Crippen molar-refractivity contribution in [1.82, 2.24) is 10.5 Å². The minimum absolute atomic E-state index is 0.209. The number of benzene rings is 1. The molecule has 0 fully saturated rings. The molecule has 0 radical (unpaired) electrons. The summed E-state index contributed by atoms with van der Waals surface area (Å²) in [4.78, 5) is 11.8. The second-order valence-corrected chi connectivity index (χ2v) is 3.81. The standard InChI is InChI=1S/C13H14N2O3/c1-9-11(8-18-15-9)13(16)14-7-10-5-3-4-6-12(10)17-2/h3-6,8H,7H2,1-2H3,(H,14,16). The maximum Gasteiger partial charge on any atom is 0.256 e. The van der Waals surface area contributed by atoms with Crippen molar-refractivity contribution in [2.24, 2.45) is 0 Å². The van der Waals surface area contributed by atoms with Crippen LogP contribution in [0, 0.1) is 6.92 Å². The van der Waals surface area contributed by atoms with Crippen molar-refractivity contribution < 1.29 is 14.1 Å². The summed E-state index contributed by atoms with van der Waals surface area (Å²) in [5, 5.41) is 6.46. The second-order valence-electron chi connectivity index (χ2n) is 3.81. The van der Waals surface area contributed by atoms with E-state index in [1.165, 1.54) is 6.26 Å². The van der Waals surface area contributed by atoms with Gasteiger partial charge in [-0.05, 0) is 13.0 Å². The number of hydrogen-bond acceptors (Lipinski definition) is 4. The van der Waals surface area contributed by atoms with Gasteiger partial charge in [-0.25, -0.2) is 0 Å². The van der Waals surface area contributed by atoms with Gasteiger partial charge < -0.3 is 14.6 Å². The molecule has 1 aromatic carbocycles. The number of hydrogen-bond donors (Lipinski definition) is 1. The van der Waals surface area contributed by atoms with Crippen molar-refractivity contribution >= 4 is 5.91 Å².